The zero-order valence-corrected chi connectivity index (χ0v) is 16.2. The van der Waals surface area contributed by atoms with E-state index in [1.54, 1.807) is 6.07 Å². The second kappa shape index (κ2) is 6.37. The molecule has 0 saturated heterocycles. The minimum Gasteiger partial charge on any atom is -0.267 e. The molecule has 1 aromatic heterocycles. The number of aryl methyl sites for hydroxylation is 2. The van der Waals surface area contributed by atoms with E-state index in [9.17, 15) is 13.2 Å². The molecule has 0 aliphatic heterocycles. The largest absolute Gasteiger partial charge is 0.271 e. The summed E-state index contributed by atoms with van der Waals surface area (Å²) in [6.07, 6.45) is 2.08. The predicted octanol–water partition coefficient (Wildman–Crippen LogP) is 2.80. The van der Waals surface area contributed by atoms with E-state index in [2.05, 4.69) is 29.4 Å². The molecule has 1 heterocycles. The molecule has 1 aliphatic rings. The monoisotopic (exact) mass is 403 g/mol. The summed E-state index contributed by atoms with van der Waals surface area (Å²) in [7, 11) is -3.80. The number of rotatable bonds is 3. The maximum Gasteiger partial charge on any atom is 0.271 e. The van der Waals surface area contributed by atoms with Crippen LogP contribution in [0.25, 0.3) is 27.7 Å². The van der Waals surface area contributed by atoms with Gasteiger partial charge >= 0.3 is 0 Å². The molecule has 29 heavy (non-hydrogen) atoms. The Labute approximate surface area is 167 Å². The van der Waals surface area contributed by atoms with E-state index in [0.717, 1.165) is 23.8 Å². The summed E-state index contributed by atoms with van der Waals surface area (Å²) < 4.78 is 24.2. The van der Waals surface area contributed by atoms with Gasteiger partial charge in [-0.05, 0) is 65.1 Å². The fourth-order valence-corrected chi connectivity index (χ4v) is 4.50. The predicted molar refractivity (Wildman–Crippen MR) is 112 cm³/mol. The van der Waals surface area contributed by atoms with Crippen LogP contribution in [0.3, 0.4) is 0 Å². The Bertz CT molecular complexity index is 1430. The lowest BCUT2D eigenvalue weighted by Gasteiger charge is -2.11. The summed E-state index contributed by atoms with van der Waals surface area (Å²) in [4.78, 5) is 12.4. The molecule has 7 heteroatoms. The van der Waals surface area contributed by atoms with E-state index in [0.29, 0.717) is 11.4 Å². The van der Waals surface area contributed by atoms with Gasteiger partial charge in [0.1, 0.15) is 0 Å². The van der Waals surface area contributed by atoms with Gasteiger partial charge in [0, 0.05) is 11.6 Å². The van der Waals surface area contributed by atoms with Crippen LogP contribution in [-0.4, -0.2) is 18.2 Å². The van der Waals surface area contributed by atoms with E-state index in [-0.39, 0.29) is 10.5 Å². The molecule has 0 fully saturated rings. The zero-order chi connectivity index (χ0) is 20.2. The van der Waals surface area contributed by atoms with Gasteiger partial charge in [-0.3, -0.25) is 4.79 Å². The SMILES string of the molecule is NS(=O)(=O)c1ccc(-n2nc(-c3ccc4c5c(cccc35)CC4)ccc2=O)cc1. The molecular formula is C22H17N3O3S. The molecule has 144 valence electrons. The van der Waals surface area contributed by atoms with Crippen molar-refractivity contribution in [2.45, 2.75) is 17.7 Å². The third-order valence-electron chi connectivity index (χ3n) is 5.36. The van der Waals surface area contributed by atoms with Crippen molar-refractivity contribution in [3.63, 3.8) is 0 Å². The molecule has 0 atom stereocenters. The molecule has 0 spiro atoms. The van der Waals surface area contributed by atoms with Gasteiger partial charge in [-0.2, -0.15) is 9.78 Å². The molecule has 0 unspecified atom stereocenters. The van der Waals surface area contributed by atoms with E-state index in [1.165, 1.54) is 51.5 Å². The van der Waals surface area contributed by atoms with Crippen molar-refractivity contribution in [2.75, 3.05) is 0 Å². The van der Waals surface area contributed by atoms with Gasteiger partial charge in [-0.25, -0.2) is 13.6 Å². The number of hydrogen-bond acceptors (Lipinski definition) is 4. The number of sulfonamides is 1. The Balaban J connectivity index is 1.67. The van der Waals surface area contributed by atoms with Crippen LogP contribution in [0, 0.1) is 0 Å². The molecule has 3 aromatic carbocycles. The topological polar surface area (TPSA) is 95.1 Å². The fourth-order valence-electron chi connectivity index (χ4n) is 3.99. The Morgan fingerprint density at radius 3 is 2.31 bits per heavy atom. The van der Waals surface area contributed by atoms with Gasteiger partial charge in [0.05, 0.1) is 16.3 Å². The summed E-state index contributed by atoms with van der Waals surface area (Å²) in [6.45, 7) is 0. The van der Waals surface area contributed by atoms with Crippen LogP contribution < -0.4 is 10.7 Å². The third-order valence-corrected chi connectivity index (χ3v) is 6.29. The zero-order valence-electron chi connectivity index (χ0n) is 15.4. The van der Waals surface area contributed by atoms with Crippen molar-refractivity contribution in [3.8, 4) is 16.9 Å². The highest BCUT2D eigenvalue weighted by molar-refractivity contribution is 7.89. The van der Waals surface area contributed by atoms with Crippen molar-refractivity contribution in [1.82, 2.24) is 9.78 Å². The lowest BCUT2D eigenvalue weighted by molar-refractivity contribution is 0.597. The summed E-state index contributed by atoms with van der Waals surface area (Å²) in [5, 5.41) is 12.1. The first-order valence-electron chi connectivity index (χ1n) is 9.19. The Kier molecular flexibility index (Phi) is 3.90. The van der Waals surface area contributed by atoms with Crippen LogP contribution in [0.4, 0.5) is 0 Å². The average molecular weight is 403 g/mol. The van der Waals surface area contributed by atoms with E-state index in [4.69, 9.17) is 5.14 Å². The number of primary sulfonamides is 1. The van der Waals surface area contributed by atoms with Crippen LogP contribution in [-0.2, 0) is 22.9 Å². The van der Waals surface area contributed by atoms with Gasteiger partial charge in [-0.1, -0.05) is 30.3 Å². The fraction of sp³-hybridized carbons (Fsp3) is 0.0909. The second-order valence-electron chi connectivity index (χ2n) is 7.12. The molecule has 5 rings (SSSR count). The Morgan fingerprint density at radius 2 is 1.59 bits per heavy atom. The standard InChI is InChI=1S/C22H17N3O3S/c23-29(27,28)17-9-7-16(8-10-17)25-21(26)13-12-20(24-25)18-11-6-15-5-4-14-2-1-3-19(18)22(14)15/h1-3,6-13H,4-5H2,(H2,23,27,28). The van der Waals surface area contributed by atoms with Crippen molar-refractivity contribution >= 4 is 20.8 Å². The normalized spacial score (nSPS) is 13.1. The first-order chi connectivity index (χ1) is 13.9. The molecule has 4 aromatic rings. The van der Waals surface area contributed by atoms with E-state index < -0.39 is 10.0 Å². The van der Waals surface area contributed by atoms with Crippen molar-refractivity contribution in [2.24, 2.45) is 5.14 Å². The first-order valence-corrected chi connectivity index (χ1v) is 10.7. The highest BCUT2D eigenvalue weighted by atomic mass is 32.2. The molecule has 0 bridgehead atoms. The van der Waals surface area contributed by atoms with Crippen LogP contribution in [0.15, 0.2) is 76.4 Å². The minimum absolute atomic E-state index is 0.0158. The third kappa shape index (κ3) is 2.95. The second-order valence-corrected chi connectivity index (χ2v) is 8.68. The van der Waals surface area contributed by atoms with E-state index in [1.807, 2.05) is 6.07 Å². The van der Waals surface area contributed by atoms with E-state index >= 15 is 0 Å². The number of aromatic nitrogens is 2. The maximum absolute atomic E-state index is 12.4. The van der Waals surface area contributed by atoms with Crippen LogP contribution in [0.2, 0.25) is 0 Å². The van der Waals surface area contributed by atoms with Gasteiger partial charge in [0.15, 0.2) is 0 Å². The number of nitrogens with two attached hydrogens (primary N) is 1. The first kappa shape index (κ1) is 17.8. The lowest BCUT2D eigenvalue weighted by atomic mass is 9.98. The average Bonchev–Trinajstić information content (AvgIpc) is 3.13. The molecule has 0 saturated carbocycles. The Hall–Kier alpha value is -3.29. The van der Waals surface area contributed by atoms with Crippen molar-refractivity contribution in [1.29, 1.82) is 0 Å². The smallest absolute Gasteiger partial charge is 0.267 e. The molecule has 0 radical (unpaired) electrons. The summed E-state index contributed by atoms with van der Waals surface area (Å²) >= 11 is 0. The minimum atomic E-state index is -3.80. The van der Waals surface area contributed by atoms with Crippen molar-refractivity contribution < 1.29 is 8.42 Å². The molecule has 6 nitrogen and oxygen atoms in total. The molecule has 2 N–H and O–H groups in total. The summed E-state index contributed by atoms with van der Waals surface area (Å²) in [6, 6.07) is 19.4. The Morgan fingerprint density at radius 1 is 0.862 bits per heavy atom. The van der Waals surface area contributed by atoms with Gasteiger partial charge in [0.2, 0.25) is 10.0 Å². The van der Waals surface area contributed by atoms with Crippen LogP contribution >= 0.6 is 0 Å². The number of benzene rings is 3. The van der Waals surface area contributed by atoms with Crippen LogP contribution in [0.1, 0.15) is 11.1 Å². The summed E-state index contributed by atoms with van der Waals surface area (Å²) in [5.41, 5.74) is 4.48. The van der Waals surface area contributed by atoms with Crippen molar-refractivity contribution in [3.05, 3.63) is 88.2 Å². The van der Waals surface area contributed by atoms with Gasteiger partial charge in [0.25, 0.3) is 5.56 Å². The summed E-state index contributed by atoms with van der Waals surface area (Å²) in [5.74, 6) is 0. The molecule has 1 aliphatic carbocycles. The highest BCUT2D eigenvalue weighted by Crippen LogP contribution is 2.36. The highest BCUT2D eigenvalue weighted by Gasteiger charge is 2.17. The quantitative estimate of drug-likeness (QED) is 0.569. The number of hydrogen-bond donors (Lipinski definition) is 1. The van der Waals surface area contributed by atoms with Gasteiger partial charge < -0.3 is 0 Å². The number of nitrogens with zero attached hydrogens (tertiary/aromatic N) is 2. The molecular weight excluding hydrogens is 386 g/mol. The maximum atomic E-state index is 12.4. The van der Waals surface area contributed by atoms with Crippen LogP contribution in [0.5, 0.6) is 0 Å². The lowest BCUT2D eigenvalue weighted by Crippen LogP contribution is -2.20. The van der Waals surface area contributed by atoms with Gasteiger partial charge in [-0.15, -0.1) is 0 Å². The molecule has 0 amide bonds.